The average molecular weight is 977 g/mol. The number of rotatable bonds is 49. The maximum Gasteiger partial charge on any atom is 0.472 e. The number of aliphatic hydroxyl groups is 1. The molecule has 0 saturated carbocycles. The van der Waals surface area contributed by atoms with Gasteiger partial charge in [-0.15, -0.1) is 0 Å². The van der Waals surface area contributed by atoms with Gasteiger partial charge >= 0.3 is 25.7 Å². The van der Waals surface area contributed by atoms with Crippen molar-refractivity contribution in [3.05, 3.63) is 72.9 Å². The number of esters is 3. The standard InChI is InChI=1S/C56H97O11P/c1-4-7-10-13-16-19-22-24-26-28-31-34-37-40-43-46-55(59)66-52(48-57)50-64-68(61,62)65-51-53(49-63-54(58)45-42-39-36-33-30-21-18-15-12-9-6-3)67-56(60)47-44-41-38-35-32-29-27-25-23-20-17-14-11-8-5-2/h8,11,15,17-18,20,24-27,32,35,52-53,57H,4-7,9-10,12-14,16,19,21-23,28-31,33-34,36-51H2,1-3H3,(H,61,62)/b11-8-,18-15-,20-17-,26-24-,27-25-,35-32-. The van der Waals surface area contributed by atoms with Gasteiger partial charge in [-0.1, -0.05) is 177 Å². The molecule has 0 aromatic rings. The summed E-state index contributed by atoms with van der Waals surface area (Å²) in [6, 6.07) is 0. The summed E-state index contributed by atoms with van der Waals surface area (Å²) in [6.45, 7) is 4.41. The Hall–Kier alpha value is -3.08. The van der Waals surface area contributed by atoms with Crippen molar-refractivity contribution in [2.75, 3.05) is 26.4 Å². The van der Waals surface area contributed by atoms with Crippen molar-refractivity contribution >= 4 is 25.7 Å². The van der Waals surface area contributed by atoms with Gasteiger partial charge in [0.25, 0.3) is 0 Å². The molecule has 3 atom stereocenters. The SMILES string of the molecule is CC/C=C\C/C=C\C/C=C\C/C=C\CCCCC(=O)OC(COC(=O)CCCCCCC/C=C\CCCC)COP(=O)(O)OCC(CO)OC(=O)CCCCCCC/C=C\CCCCCCCC. The van der Waals surface area contributed by atoms with E-state index in [0.29, 0.717) is 19.3 Å². The molecule has 68 heavy (non-hydrogen) atoms. The van der Waals surface area contributed by atoms with E-state index in [-0.39, 0.29) is 25.9 Å². The molecule has 0 aromatic carbocycles. The lowest BCUT2D eigenvalue weighted by molar-refractivity contribution is -0.161. The van der Waals surface area contributed by atoms with Crippen LogP contribution in [0.2, 0.25) is 0 Å². The highest BCUT2D eigenvalue weighted by Crippen LogP contribution is 2.43. The molecule has 0 rings (SSSR count). The van der Waals surface area contributed by atoms with Crippen molar-refractivity contribution in [1.29, 1.82) is 0 Å². The largest absolute Gasteiger partial charge is 0.472 e. The number of carbonyl (C=O) groups is 3. The summed E-state index contributed by atoms with van der Waals surface area (Å²) in [6.07, 6.45) is 54.4. The number of hydrogen-bond acceptors (Lipinski definition) is 10. The highest BCUT2D eigenvalue weighted by Gasteiger charge is 2.28. The summed E-state index contributed by atoms with van der Waals surface area (Å²) >= 11 is 0. The monoisotopic (exact) mass is 977 g/mol. The minimum absolute atomic E-state index is 0.111. The first-order valence-corrected chi connectivity index (χ1v) is 28.3. The molecule has 0 saturated heterocycles. The zero-order valence-electron chi connectivity index (χ0n) is 43.1. The molecule has 392 valence electrons. The molecule has 0 radical (unpaired) electrons. The van der Waals surface area contributed by atoms with Crippen LogP contribution in [-0.2, 0) is 42.2 Å². The number of aliphatic hydroxyl groups excluding tert-OH is 1. The average Bonchev–Trinajstić information content (AvgIpc) is 3.32. The Kier molecular flexibility index (Phi) is 48.0. The van der Waals surface area contributed by atoms with Crippen LogP contribution in [0.15, 0.2) is 72.9 Å². The second-order valence-corrected chi connectivity index (χ2v) is 19.1. The van der Waals surface area contributed by atoms with Crippen LogP contribution >= 0.6 is 7.82 Å². The van der Waals surface area contributed by atoms with Gasteiger partial charge < -0.3 is 24.2 Å². The molecule has 0 aromatic heterocycles. The number of phosphoric acid groups is 1. The van der Waals surface area contributed by atoms with E-state index in [1.54, 1.807) is 0 Å². The molecule has 12 heteroatoms. The summed E-state index contributed by atoms with van der Waals surface area (Å²) in [5.41, 5.74) is 0. The van der Waals surface area contributed by atoms with Crippen molar-refractivity contribution < 1.29 is 52.2 Å². The Morgan fingerprint density at radius 3 is 1.26 bits per heavy atom. The summed E-state index contributed by atoms with van der Waals surface area (Å²) in [4.78, 5) is 48.3. The molecular weight excluding hydrogens is 880 g/mol. The summed E-state index contributed by atoms with van der Waals surface area (Å²) in [7, 11) is -4.76. The molecule has 0 aliphatic rings. The van der Waals surface area contributed by atoms with E-state index >= 15 is 0 Å². The summed E-state index contributed by atoms with van der Waals surface area (Å²) < 4.78 is 39.3. The maximum atomic E-state index is 12.9. The number of phosphoric ester groups is 1. The highest BCUT2D eigenvalue weighted by molar-refractivity contribution is 7.47. The van der Waals surface area contributed by atoms with Crippen molar-refractivity contribution in [3.8, 4) is 0 Å². The van der Waals surface area contributed by atoms with E-state index in [1.807, 2.05) is 0 Å². The van der Waals surface area contributed by atoms with Crippen molar-refractivity contribution in [2.24, 2.45) is 0 Å². The fourth-order valence-electron chi connectivity index (χ4n) is 6.97. The predicted octanol–water partition coefficient (Wildman–Crippen LogP) is 15.4. The third-order valence-corrected chi connectivity index (χ3v) is 12.0. The Morgan fingerprint density at radius 1 is 0.426 bits per heavy atom. The Bertz CT molecular complexity index is 1420. The molecule has 0 heterocycles. The van der Waals surface area contributed by atoms with Crippen LogP contribution in [0.1, 0.15) is 226 Å². The fourth-order valence-corrected chi connectivity index (χ4v) is 7.75. The highest BCUT2D eigenvalue weighted by atomic mass is 31.2. The maximum absolute atomic E-state index is 12.9. The normalized spacial score (nSPS) is 14.0. The van der Waals surface area contributed by atoms with E-state index < -0.39 is 57.8 Å². The quantitative estimate of drug-likeness (QED) is 0.0197. The summed E-state index contributed by atoms with van der Waals surface area (Å²) in [5, 5.41) is 9.79. The van der Waals surface area contributed by atoms with Crippen molar-refractivity contribution in [2.45, 2.75) is 238 Å². The Labute approximate surface area is 414 Å². The second kappa shape index (κ2) is 50.3. The van der Waals surface area contributed by atoms with Crippen LogP contribution in [0.5, 0.6) is 0 Å². The second-order valence-electron chi connectivity index (χ2n) is 17.7. The number of hydrogen-bond donors (Lipinski definition) is 2. The third kappa shape index (κ3) is 48.0. The van der Waals surface area contributed by atoms with Crippen molar-refractivity contribution in [1.82, 2.24) is 0 Å². The van der Waals surface area contributed by atoms with Crippen LogP contribution < -0.4 is 0 Å². The van der Waals surface area contributed by atoms with Gasteiger partial charge in [-0.25, -0.2) is 4.57 Å². The van der Waals surface area contributed by atoms with Gasteiger partial charge in [-0.3, -0.25) is 23.4 Å². The molecule has 0 aliphatic carbocycles. The summed E-state index contributed by atoms with van der Waals surface area (Å²) in [5.74, 6) is -1.54. The molecule has 3 unspecified atom stereocenters. The zero-order chi connectivity index (χ0) is 49.9. The smallest absolute Gasteiger partial charge is 0.462 e. The Balaban J connectivity index is 4.77. The topological polar surface area (TPSA) is 155 Å². The zero-order valence-corrected chi connectivity index (χ0v) is 43.9. The molecule has 0 spiro atoms. The lowest BCUT2D eigenvalue weighted by Crippen LogP contribution is -2.30. The predicted molar refractivity (Wildman–Crippen MR) is 279 cm³/mol. The van der Waals surface area contributed by atoms with Crippen LogP contribution in [-0.4, -0.2) is 66.5 Å². The molecule has 2 N–H and O–H groups in total. The molecule has 0 fully saturated rings. The molecule has 0 aliphatic heterocycles. The molecule has 11 nitrogen and oxygen atoms in total. The number of carbonyl (C=O) groups excluding carboxylic acids is 3. The first-order valence-electron chi connectivity index (χ1n) is 26.8. The Morgan fingerprint density at radius 2 is 0.779 bits per heavy atom. The first-order chi connectivity index (χ1) is 33.2. The first kappa shape index (κ1) is 64.9. The molecule has 0 amide bonds. The fraction of sp³-hybridized carbons (Fsp3) is 0.732. The van der Waals surface area contributed by atoms with E-state index in [2.05, 4.69) is 93.7 Å². The number of unbranched alkanes of at least 4 members (excludes halogenated alkanes) is 20. The van der Waals surface area contributed by atoms with Crippen LogP contribution in [0.25, 0.3) is 0 Å². The van der Waals surface area contributed by atoms with E-state index in [4.69, 9.17) is 23.3 Å². The van der Waals surface area contributed by atoms with Gasteiger partial charge in [0, 0.05) is 19.3 Å². The van der Waals surface area contributed by atoms with Crippen molar-refractivity contribution in [3.63, 3.8) is 0 Å². The minimum Gasteiger partial charge on any atom is -0.462 e. The van der Waals surface area contributed by atoms with Gasteiger partial charge in [0.05, 0.1) is 19.8 Å². The van der Waals surface area contributed by atoms with Gasteiger partial charge in [0.15, 0.2) is 6.10 Å². The van der Waals surface area contributed by atoms with E-state index in [0.717, 1.165) is 116 Å². The lowest BCUT2D eigenvalue weighted by atomic mass is 10.1. The minimum atomic E-state index is -4.76. The van der Waals surface area contributed by atoms with E-state index in [9.17, 15) is 28.9 Å². The van der Waals surface area contributed by atoms with Crippen LogP contribution in [0, 0.1) is 0 Å². The van der Waals surface area contributed by atoms with Gasteiger partial charge in [-0.05, 0) is 103 Å². The van der Waals surface area contributed by atoms with Gasteiger partial charge in [-0.2, -0.15) is 0 Å². The number of allylic oxidation sites excluding steroid dienone is 12. The molecular formula is C56H97O11P. The van der Waals surface area contributed by atoms with Crippen LogP contribution in [0.3, 0.4) is 0 Å². The van der Waals surface area contributed by atoms with E-state index in [1.165, 1.54) is 51.4 Å². The molecule has 0 bridgehead atoms. The van der Waals surface area contributed by atoms with Gasteiger partial charge in [0.1, 0.15) is 12.7 Å². The number of ether oxygens (including phenoxy) is 3. The van der Waals surface area contributed by atoms with Crippen LogP contribution in [0.4, 0.5) is 0 Å². The third-order valence-electron chi connectivity index (χ3n) is 11.1. The van der Waals surface area contributed by atoms with Gasteiger partial charge in [0.2, 0.25) is 0 Å². The lowest BCUT2D eigenvalue weighted by Gasteiger charge is -2.21.